The fourth-order valence-corrected chi connectivity index (χ4v) is 2.16. The largest absolute Gasteiger partial charge is 0.315 e. The molecule has 0 aromatic heterocycles. The van der Waals surface area contributed by atoms with Crippen molar-refractivity contribution in [1.82, 2.24) is 5.32 Å². The Morgan fingerprint density at radius 1 is 1.07 bits per heavy atom. The van der Waals surface area contributed by atoms with Gasteiger partial charge in [-0.15, -0.1) is 0 Å². The molecule has 2 heteroatoms. The molecular weight excluding hydrogens is 186 g/mol. The summed E-state index contributed by atoms with van der Waals surface area (Å²) in [5, 5.41) is 3.52. The minimum atomic E-state index is -0.933. The summed E-state index contributed by atoms with van der Waals surface area (Å²) < 4.78 is 0. The first-order chi connectivity index (χ1) is 6.47. The van der Waals surface area contributed by atoms with Crippen LogP contribution >= 0.6 is 0 Å². The zero-order valence-corrected chi connectivity index (χ0v) is 10.7. The second-order valence-electron chi connectivity index (χ2n) is 5.15. The Balaban J connectivity index is 2.35. The first-order valence-electron chi connectivity index (χ1n) is 5.24. The molecule has 0 aliphatic rings. The Morgan fingerprint density at radius 3 is 2.14 bits per heavy atom. The molecule has 1 nitrogen and oxygen atoms in total. The van der Waals surface area contributed by atoms with Gasteiger partial charge in [-0.1, -0.05) is 49.5 Å². The molecule has 0 spiro atoms. The van der Waals surface area contributed by atoms with Gasteiger partial charge < -0.3 is 5.32 Å². The third kappa shape index (κ3) is 4.58. The Labute approximate surface area is 88.6 Å². The van der Waals surface area contributed by atoms with Gasteiger partial charge in [0.25, 0.3) is 0 Å². The Morgan fingerprint density at radius 2 is 1.64 bits per heavy atom. The summed E-state index contributed by atoms with van der Waals surface area (Å²) in [7, 11) is -0.933. The third-order valence-electron chi connectivity index (χ3n) is 2.11. The van der Waals surface area contributed by atoms with E-state index >= 15 is 0 Å². The molecule has 1 rings (SSSR count). The van der Waals surface area contributed by atoms with Gasteiger partial charge >= 0.3 is 0 Å². The molecule has 0 bridgehead atoms. The molecule has 0 fully saturated rings. The fourth-order valence-electron chi connectivity index (χ4n) is 1.29. The van der Waals surface area contributed by atoms with Crippen molar-refractivity contribution in [3.63, 3.8) is 0 Å². The van der Waals surface area contributed by atoms with Gasteiger partial charge in [-0.3, -0.25) is 0 Å². The molecule has 0 heterocycles. The molecule has 1 N–H and O–H groups in total. The monoisotopic (exact) mass is 207 g/mol. The first kappa shape index (κ1) is 11.5. The van der Waals surface area contributed by atoms with Crippen LogP contribution in [0.1, 0.15) is 11.1 Å². The second-order valence-corrected chi connectivity index (χ2v) is 10.6. The fraction of sp³-hybridized carbons (Fsp3) is 0.500. The molecule has 78 valence electrons. The van der Waals surface area contributed by atoms with E-state index in [4.69, 9.17) is 0 Å². The van der Waals surface area contributed by atoms with Gasteiger partial charge in [0.05, 0.1) is 8.07 Å². The van der Waals surface area contributed by atoms with Crippen molar-refractivity contribution in [2.45, 2.75) is 33.1 Å². The Kier molecular flexibility index (Phi) is 3.90. The van der Waals surface area contributed by atoms with Gasteiger partial charge in [0.2, 0.25) is 0 Å². The summed E-state index contributed by atoms with van der Waals surface area (Å²) in [5.74, 6) is 0. The van der Waals surface area contributed by atoms with Gasteiger partial charge in [-0.25, -0.2) is 0 Å². The van der Waals surface area contributed by atoms with E-state index in [9.17, 15) is 0 Å². The van der Waals surface area contributed by atoms with Crippen LogP contribution in [0, 0.1) is 6.92 Å². The van der Waals surface area contributed by atoms with E-state index in [2.05, 4.69) is 56.1 Å². The standard InChI is InChI=1S/C12H21NSi/c1-11-5-7-12(8-6-11)9-13-10-14(2,3)4/h5-8,13H,9-10H2,1-4H3. The molecule has 1 aromatic rings. The van der Waals surface area contributed by atoms with Crippen LogP contribution < -0.4 is 5.32 Å². The molecule has 0 radical (unpaired) electrons. The van der Waals surface area contributed by atoms with E-state index in [1.165, 1.54) is 17.3 Å². The zero-order chi connectivity index (χ0) is 10.6. The van der Waals surface area contributed by atoms with Crippen molar-refractivity contribution >= 4 is 8.07 Å². The SMILES string of the molecule is Cc1ccc(CNC[Si](C)(C)C)cc1. The van der Waals surface area contributed by atoms with E-state index in [0.29, 0.717) is 0 Å². The quantitative estimate of drug-likeness (QED) is 0.749. The Hall–Kier alpha value is -0.603. The average Bonchev–Trinajstić information content (AvgIpc) is 2.06. The predicted octanol–water partition coefficient (Wildman–Crippen LogP) is 2.96. The molecule has 0 saturated carbocycles. The third-order valence-corrected chi connectivity index (χ3v) is 3.42. The van der Waals surface area contributed by atoms with Gasteiger partial charge in [-0.2, -0.15) is 0 Å². The molecule has 0 saturated heterocycles. The topological polar surface area (TPSA) is 12.0 Å². The summed E-state index contributed by atoms with van der Waals surface area (Å²) in [6.07, 6.45) is 1.20. The van der Waals surface area contributed by atoms with Crippen LogP contribution in [0.15, 0.2) is 24.3 Å². The van der Waals surface area contributed by atoms with Crippen molar-refractivity contribution in [2.75, 3.05) is 6.17 Å². The van der Waals surface area contributed by atoms with E-state index in [0.717, 1.165) is 6.54 Å². The molecular formula is C12H21NSi. The van der Waals surface area contributed by atoms with E-state index < -0.39 is 8.07 Å². The highest BCUT2D eigenvalue weighted by Gasteiger charge is 2.11. The maximum Gasteiger partial charge on any atom is 0.0596 e. The number of benzene rings is 1. The zero-order valence-electron chi connectivity index (χ0n) is 9.72. The van der Waals surface area contributed by atoms with Crippen molar-refractivity contribution in [1.29, 1.82) is 0 Å². The van der Waals surface area contributed by atoms with Gasteiger partial charge in [0.1, 0.15) is 0 Å². The van der Waals surface area contributed by atoms with Crippen molar-refractivity contribution in [3.8, 4) is 0 Å². The van der Waals surface area contributed by atoms with Crippen LogP contribution in [0.5, 0.6) is 0 Å². The molecule has 0 atom stereocenters. The predicted molar refractivity (Wildman–Crippen MR) is 66.2 cm³/mol. The summed E-state index contributed by atoms with van der Waals surface area (Å²) in [4.78, 5) is 0. The smallest absolute Gasteiger partial charge is 0.0596 e. The average molecular weight is 207 g/mol. The summed E-state index contributed by atoms with van der Waals surface area (Å²) in [6.45, 7) is 10.3. The maximum absolute atomic E-state index is 3.52. The lowest BCUT2D eigenvalue weighted by atomic mass is 10.1. The maximum atomic E-state index is 3.52. The molecule has 1 aromatic carbocycles. The highest BCUT2D eigenvalue weighted by Crippen LogP contribution is 2.03. The minimum Gasteiger partial charge on any atom is -0.315 e. The molecule has 0 aliphatic heterocycles. The van der Waals surface area contributed by atoms with E-state index in [-0.39, 0.29) is 0 Å². The molecule has 0 amide bonds. The summed E-state index contributed by atoms with van der Waals surface area (Å²) >= 11 is 0. The van der Waals surface area contributed by atoms with E-state index in [1.807, 2.05) is 0 Å². The van der Waals surface area contributed by atoms with Crippen LogP contribution in [0.3, 0.4) is 0 Å². The molecule has 14 heavy (non-hydrogen) atoms. The number of nitrogens with one attached hydrogen (secondary N) is 1. The summed E-state index contributed by atoms with van der Waals surface area (Å²) in [6, 6.07) is 8.75. The van der Waals surface area contributed by atoms with Crippen LogP contribution in [-0.4, -0.2) is 14.2 Å². The number of hydrogen-bond acceptors (Lipinski definition) is 1. The highest BCUT2D eigenvalue weighted by atomic mass is 28.3. The lowest BCUT2D eigenvalue weighted by Crippen LogP contribution is -2.36. The second kappa shape index (κ2) is 4.76. The minimum absolute atomic E-state index is 0.933. The number of rotatable bonds is 4. The number of aryl methyl sites for hydroxylation is 1. The molecule has 0 unspecified atom stereocenters. The number of hydrogen-bond donors (Lipinski definition) is 1. The summed E-state index contributed by atoms with van der Waals surface area (Å²) in [5.41, 5.74) is 2.72. The lowest BCUT2D eigenvalue weighted by molar-refractivity contribution is 0.776. The van der Waals surface area contributed by atoms with Crippen molar-refractivity contribution in [3.05, 3.63) is 35.4 Å². The molecule has 0 aliphatic carbocycles. The lowest BCUT2D eigenvalue weighted by Gasteiger charge is -2.16. The first-order valence-corrected chi connectivity index (χ1v) is 8.94. The normalized spacial score (nSPS) is 11.7. The van der Waals surface area contributed by atoms with Crippen LogP contribution in [-0.2, 0) is 6.54 Å². The highest BCUT2D eigenvalue weighted by molar-refractivity contribution is 6.76. The van der Waals surface area contributed by atoms with Gasteiger partial charge in [0, 0.05) is 6.54 Å². The Bertz CT molecular complexity index is 271. The van der Waals surface area contributed by atoms with Crippen LogP contribution in [0.4, 0.5) is 0 Å². The van der Waals surface area contributed by atoms with Gasteiger partial charge in [-0.05, 0) is 18.7 Å². The van der Waals surface area contributed by atoms with Crippen molar-refractivity contribution < 1.29 is 0 Å². The van der Waals surface area contributed by atoms with E-state index in [1.54, 1.807) is 0 Å². The van der Waals surface area contributed by atoms with Crippen molar-refractivity contribution in [2.24, 2.45) is 0 Å². The van der Waals surface area contributed by atoms with Crippen LogP contribution in [0.2, 0.25) is 19.6 Å². The van der Waals surface area contributed by atoms with Gasteiger partial charge in [0.15, 0.2) is 0 Å². The van der Waals surface area contributed by atoms with Crippen LogP contribution in [0.25, 0.3) is 0 Å².